The molecule has 0 aliphatic carbocycles. The van der Waals surface area contributed by atoms with Crippen LogP contribution >= 0.6 is 0 Å². The van der Waals surface area contributed by atoms with Crippen molar-refractivity contribution in [1.29, 1.82) is 0 Å². The Bertz CT molecular complexity index is 747. The maximum Gasteiger partial charge on any atom is 0.203 e. The quantitative estimate of drug-likeness (QED) is 0.590. The number of ether oxygens (including phenoxy) is 3. The minimum absolute atomic E-state index is 0.0512. The van der Waals surface area contributed by atoms with E-state index in [0.717, 1.165) is 31.5 Å². The van der Waals surface area contributed by atoms with Crippen molar-refractivity contribution < 1.29 is 19.3 Å². The molecule has 4 rings (SSSR count). The van der Waals surface area contributed by atoms with Gasteiger partial charge in [-0.15, -0.1) is 0 Å². The summed E-state index contributed by atoms with van der Waals surface area (Å²) in [4.78, 5) is 2.47. The number of hydrogen-bond donors (Lipinski definition) is 2. The van der Waals surface area contributed by atoms with E-state index in [4.69, 9.17) is 14.2 Å². The summed E-state index contributed by atoms with van der Waals surface area (Å²) in [6.07, 6.45) is 9.17. The monoisotopic (exact) mass is 416 g/mol. The Balaban J connectivity index is 1.49. The summed E-state index contributed by atoms with van der Waals surface area (Å²) in [5, 5.41) is 15.0. The summed E-state index contributed by atoms with van der Waals surface area (Å²) in [6.45, 7) is 5.19. The van der Waals surface area contributed by atoms with Crippen LogP contribution in [0.2, 0.25) is 0 Å². The SMILES string of the molecule is CCCCCCCC1=C2CCCN2C[C@H]([C@H](O)c2cc(OC)c3c(c2)OCCO3)N1. The molecule has 1 aromatic carbocycles. The van der Waals surface area contributed by atoms with E-state index >= 15 is 0 Å². The number of hydrogen-bond acceptors (Lipinski definition) is 6. The zero-order valence-electron chi connectivity index (χ0n) is 18.4. The molecule has 0 bridgehead atoms. The molecule has 1 aromatic rings. The lowest BCUT2D eigenvalue weighted by molar-refractivity contribution is 0.106. The maximum absolute atomic E-state index is 11.3. The number of unbranched alkanes of at least 4 members (excludes halogenated alkanes) is 4. The summed E-state index contributed by atoms with van der Waals surface area (Å²) in [5.41, 5.74) is 3.61. The normalized spacial score (nSPS) is 21.3. The van der Waals surface area contributed by atoms with Crippen molar-refractivity contribution in [3.63, 3.8) is 0 Å². The van der Waals surface area contributed by atoms with Crippen molar-refractivity contribution >= 4 is 0 Å². The van der Waals surface area contributed by atoms with Crippen LogP contribution in [0, 0.1) is 0 Å². The standard InChI is InChI=1S/C24H36N2O4/c1-3-4-5-6-7-9-18-20-10-8-11-26(20)16-19(25-18)23(27)17-14-21(28-2)24-22(15-17)29-12-13-30-24/h14-15,19,23,25,27H,3-13,16H2,1-2H3/t19-,23-/m1/s1. The fraction of sp³-hybridized carbons (Fsp3) is 0.667. The predicted octanol–water partition coefficient (Wildman–Crippen LogP) is 4.14. The van der Waals surface area contributed by atoms with Gasteiger partial charge in [-0.2, -0.15) is 0 Å². The third-order valence-electron chi connectivity index (χ3n) is 6.45. The van der Waals surface area contributed by atoms with Crippen LogP contribution in [0.4, 0.5) is 0 Å². The molecule has 3 aliphatic heterocycles. The van der Waals surface area contributed by atoms with E-state index < -0.39 is 6.10 Å². The molecule has 6 heteroatoms. The number of aliphatic hydroxyl groups is 1. The zero-order valence-corrected chi connectivity index (χ0v) is 18.4. The lowest BCUT2D eigenvalue weighted by atomic mass is 9.97. The summed E-state index contributed by atoms with van der Waals surface area (Å²) >= 11 is 0. The van der Waals surface area contributed by atoms with Crippen LogP contribution in [0.5, 0.6) is 17.2 Å². The van der Waals surface area contributed by atoms with E-state index in [1.54, 1.807) is 7.11 Å². The zero-order chi connectivity index (χ0) is 20.9. The van der Waals surface area contributed by atoms with Gasteiger partial charge in [0.15, 0.2) is 11.5 Å². The molecular weight excluding hydrogens is 380 g/mol. The Kier molecular flexibility index (Phi) is 6.93. The number of benzene rings is 1. The first kappa shape index (κ1) is 21.2. The third-order valence-corrected chi connectivity index (χ3v) is 6.45. The van der Waals surface area contributed by atoms with Crippen molar-refractivity contribution in [2.45, 2.75) is 70.4 Å². The summed E-state index contributed by atoms with van der Waals surface area (Å²) in [6, 6.07) is 3.73. The van der Waals surface area contributed by atoms with Gasteiger partial charge in [0, 0.05) is 24.5 Å². The Morgan fingerprint density at radius 3 is 2.87 bits per heavy atom. The highest BCUT2D eigenvalue weighted by Crippen LogP contribution is 2.42. The minimum atomic E-state index is -0.646. The van der Waals surface area contributed by atoms with Gasteiger partial charge in [0.05, 0.1) is 13.2 Å². The van der Waals surface area contributed by atoms with Crippen LogP contribution in [0.15, 0.2) is 23.5 Å². The van der Waals surface area contributed by atoms with E-state index in [9.17, 15) is 5.11 Å². The molecule has 0 unspecified atom stereocenters. The van der Waals surface area contributed by atoms with Crippen LogP contribution in [0.1, 0.15) is 70.0 Å². The molecule has 3 aliphatic rings. The number of nitrogens with zero attached hydrogens (tertiary/aromatic N) is 1. The van der Waals surface area contributed by atoms with Crippen LogP contribution in [-0.2, 0) is 0 Å². The van der Waals surface area contributed by atoms with Crippen molar-refractivity contribution in [1.82, 2.24) is 10.2 Å². The Labute approximate surface area is 180 Å². The number of allylic oxidation sites excluding steroid dienone is 2. The van der Waals surface area contributed by atoms with Crippen molar-refractivity contribution in [2.75, 3.05) is 33.4 Å². The third kappa shape index (κ3) is 4.48. The molecule has 2 atom stereocenters. The molecule has 0 spiro atoms. The highest BCUT2D eigenvalue weighted by atomic mass is 16.6. The number of methoxy groups -OCH3 is 1. The van der Waals surface area contributed by atoms with Crippen LogP contribution < -0.4 is 19.5 Å². The Morgan fingerprint density at radius 1 is 1.20 bits per heavy atom. The van der Waals surface area contributed by atoms with E-state index in [0.29, 0.717) is 30.5 Å². The molecule has 1 fully saturated rings. The summed E-state index contributed by atoms with van der Waals surface area (Å²) in [5.74, 6) is 1.90. The van der Waals surface area contributed by atoms with Crippen molar-refractivity contribution in [3.8, 4) is 17.2 Å². The average Bonchev–Trinajstić information content (AvgIpc) is 3.26. The van der Waals surface area contributed by atoms with Crippen molar-refractivity contribution in [3.05, 3.63) is 29.1 Å². The molecule has 6 nitrogen and oxygen atoms in total. The maximum atomic E-state index is 11.3. The largest absolute Gasteiger partial charge is 0.493 e. The van der Waals surface area contributed by atoms with Crippen LogP contribution in [0.3, 0.4) is 0 Å². The lowest BCUT2D eigenvalue weighted by Crippen LogP contribution is -2.48. The van der Waals surface area contributed by atoms with Gasteiger partial charge in [-0.3, -0.25) is 0 Å². The second kappa shape index (κ2) is 9.82. The summed E-state index contributed by atoms with van der Waals surface area (Å²) < 4.78 is 17.0. The highest BCUT2D eigenvalue weighted by molar-refractivity contribution is 5.55. The van der Waals surface area contributed by atoms with Gasteiger partial charge in [0.1, 0.15) is 19.3 Å². The number of aliphatic hydroxyl groups excluding tert-OH is 1. The van der Waals surface area contributed by atoms with Gasteiger partial charge in [0.25, 0.3) is 0 Å². The molecule has 30 heavy (non-hydrogen) atoms. The van der Waals surface area contributed by atoms with Gasteiger partial charge in [-0.1, -0.05) is 32.6 Å². The first-order chi connectivity index (χ1) is 14.7. The smallest absolute Gasteiger partial charge is 0.203 e. The molecule has 1 saturated heterocycles. The second-order valence-electron chi connectivity index (χ2n) is 8.58. The number of fused-ring (bicyclic) bond motifs is 2. The molecule has 3 heterocycles. The minimum Gasteiger partial charge on any atom is -0.493 e. The topological polar surface area (TPSA) is 63.2 Å². The molecule has 166 valence electrons. The van der Waals surface area contributed by atoms with Gasteiger partial charge >= 0.3 is 0 Å². The van der Waals surface area contributed by atoms with E-state index in [2.05, 4.69) is 17.1 Å². The van der Waals surface area contributed by atoms with Gasteiger partial charge < -0.3 is 29.5 Å². The fourth-order valence-corrected chi connectivity index (χ4v) is 4.86. The second-order valence-corrected chi connectivity index (χ2v) is 8.58. The number of nitrogens with one attached hydrogen (secondary N) is 1. The van der Waals surface area contributed by atoms with Gasteiger partial charge in [0.2, 0.25) is 5.75 Å². The van der Waals surface area contributed by atoms with Crippen LogP contribution in [0.25, 0.3) is 0 Å². The fourth-order valence-electron chi connectivity index (χ4n) is 4.86. The lowest BCUT2D eigenvalue weighted by Gasteiger charge is -2.38. The van der Waals surface area contributed by atoms with E-state index in [-0.39, 0.29) is 6.04 Å². The molecule has 2 N–H and O–H groups in total. The van der Waals surface area contributed by atoms with Crippen molar-refractivity contribution in [2.24, 2.45) is 0 Å². The highest BCUT2D eigenvalue weighted by Gasteiger charge is 2.34. The van der Waals surface area contributed by atoms with Gasteiger partial charge in [-0.25, -0.2) is 0 Å². The predicted molar refractivity (Wildman–Crippen MR) is 117 cm³/mol. The first-order valence-electron chi connectivity index (χ1n) is 11.6. The summed E-state index contributed by atoms with van der Waals surface area (Å²) in [7, 11) is 1.62. The van der Waals surface area contributed by atoms with Crippen LogP contribution in [-0.4, -0.2) is 49.5 Å². The molecule has 0 aromatic heterocycles. The Morgan fingerprint density at radius 2 is 2.03 bits per heavy atom. The van der Waals surface area contributed by atoms with E-state index in [1.165, 1.54) is 49.9 Å². The average molecular weight is 417 g/mol. The molecule has 0 amide bonds. The molecule has 0 radical (unpaired) electrons. The van der Waals surface area contributed by atoms with Gasteiger partial charge in [-0.05, 0) is 43.4 Å². The Hall–Kier alpha value is -2.08. The molecule has 0 saturated carbocycles. The molecular formula is C24H36N2O4. The number of rotatable bonds is 9. The first-order valence-corrected chi connectivity index (χ1v) is 11.6. The van der Waals surface area contributed by atoms with E-state index in [1.807, 2.05) is 12.1 Å².